The van der Waals surface area contributed by atoms with E-state index >= 15 is 0 Å². The predicted octanol–water partition coefficient (Wildman–Crippen LogP) is 0.553. The Morgan fingerprint density at radius 1 is 1.45 bits per heavy atom. The molecule has 7 nitrogen and oxygen atoms in total. The maximum Gasteiger partial charge on any atom is 0.319 e. The molecule has 4 N–H and O–H groups in total. The summed E-state index contributed by atoms with van der Waals surface area (Å²) in [6, 6.07) is 3.93. The van der Waals surface area contributed by atoms with Gasteiger partial charge in [0.25, 0.3) is 0 Å². The van der Waals surface area contributed by atoms with Gasteiger partial charge in [-0.25, -0.2) is 18.4 Å². The third-order valence-corrected chi connectivity index (χ3v) is 3.96. The summed E-state index contributed by atoms with van der Waals surface area (Å²) in [6.45, 7) is 2.88. The highest BCUT2D eigenvalue weighted by atomic mass is 32.2. The van der Waals surface area contributed by atoms with E-state index in [2.05, 4.69) is 10.6 Å². The van der Waals surface area contributed by atoms with Gasteiger partial charge in [-0.1, -0.05) is 6.07 Å². The van der Waals surface area contributed by atoms with Gasteiger partial charge in [0.15, 0.2) is 0 Å². The summed E-state index contributed by atoms with van der Waals surface area (Å²) < 4.78 is 27.7. The van der Waals surface area contributed by atoms with Crippen molar-refractivity contribution in [2.75, 3.05) is 18.5 Å². The number of anilines is 1. The predicted molar refractivity (Wildman–Crippen MR) is 73.9 cm³/mol. The molecule has 0 spiro atoms. The van der Waals surface area contributed by atoms with Gasteiger partial charge in [0, 0.05) is 12.3 Å². The summed E-state index contributed by atoms with van der Waals surface area (Å²) in [7, 11) is -3.79. The summed E-state index contributed by atoms with van der Waals surface area (Å²) in [5.41, 5.74) is 1.16. The second-order valence-electron chi connectivity index (χ2n) is 4.68. The number of benzene rings is 1. The van der Waals surface area contributed by atoms with Crippen molar-refractivity contribution in [2.24, 2.45) is 5.14 Å². The number of hydrogen-bond acceptors (Lipinski definition) is 4. The summed E-state index contributed by atoms with van der Waals surface area (Å²) >= 11 is 0. The number of amides is 2. The molecule has 1 unspecified atom stereocenters. The molecule has 1 heterocycles. The minimum atomic E-state index is -3.79. The number of carbonyl (C=O) groups excluding carboxylic acids is 1. The molecule has 0 saturated carbocycles. The first-order valence-electron chi connectivity index (χ1n) is 6.15. The lowest BCUT2D eigenvalue weighted by Crippen LogP contribution is -2.38. The van der Waals surface area contributed by atoms with Crippen LogP contribution in [0.3, 0.4) is 0 Å². The van der Waals surface area contributed by atoms with E-state index in [0.717, 1.165) is 12.0 Å². The molecule has 1 aromatic rings. The Balaban J connectivity index is 2.09. The zero-order valence-electron chi connectivity index (χ0n) is 11.0. The standard InChI is InChI=1S/C12H17N3O4S/c1-8-2-3-10(20(13,17)18)6-11(8)15-12(16)14-9-4-5-19-7-9/h2-3,6,9H,4-5,7H2,1H3,(H2,13,17,18)(H2,14,15,16). The van der Waals surface area contributed by atoms with Crippen LogP contribution >= 0.6 is 0 Å². The van der Waals surface area contributed by atoms with Crippen LogP contribution in [0, 0.1) is 6.92 Å². The first-order valence-corrected chi connectivity index (χ1v) is 7.69. The van der Waals surface area contributed by atoms with Gasteiger partial charge in [0.1, 0.15) is 0 Å². The Labute approximate surface area is 117 Å². The second-order valence-corrected chi connectivity index (χ2v) is 6.24. The topological polar surface area (TPSA) is 111 Å². The third-order valence-electron chi connectivity index (χ3n) is 3.05. The van der Waals surface area contributed by atoms with Crippen molar-refractivity contribution in [3.8, 4) is 0 Å². The van der Waals surface area contributed by atoms with Gasteiger partial charge < -0.3 is 15.4 Å². The fourth-order valence-electron chi connectivity index (χ4n) is 1.90. The normalized spacial score (nSPS) is 18.8. The molecule has 1 saturated heterocycles. The van der Waals surface area contributed by atoms with Crippen LogP contribution in [0.5, 0.6) is 0 Å². The zero-order valence-corrected chi connectivity index (χ0v) is 11.9. The molecule has 1 atom stereocenters. The molecule has 2 rings (SSSR count). The summed E-state index contributed by atoms with van der Waals surface area (Å²) in [5.74, 6) is 0. The van der Waals surface area contributed by atoms with E-state index < -0.39 is 16.1 Å². The number of nitrogens with two attached hydrogens (primary N) is 1. The second kappa shape index (κ2) is 5.78. The highest BCUT2D eigenvalue weighted by molar-refractivity contribution is 7.89. The van der Waals surface area contributed by atoms with Crippen molar-refractivity contribution >= 4 is 21.7 Å². The molecule has 1 fully saturated rings. The molecular formula is C12H17N3O4S. The van der Waals surface area contributed by atoms with Gasteiger partial charge in [0.2, 0.25) is 10.0 Å². The maximum absolute atomic E-state index is 11.8. The van der Waals surface area contributed by atoms with Crippen LogP contribution in [0.4, 0.5) is 10.5 Å². The Hall–Kier alpha value is -1.64. The van der Waals surface area contributed by atoms with E-state index in [1.165, 1.54) is 12.1 Å². The van der Waals surface area contributed by atoms with E-state index in [1.54, 1.807) is 13.0 Å². The molecule has 0 bridgehead atoms. The molecule has 0 radical (unpaired) electrons. The van der Waals surface area contributed by atoms with E-state index in [1.807, 2.05) is 0 Å². The maximum atomic E-state index is 11.8. The largest absolute Gasteiger partial charge is 0.379 e. The number of primary sulfonamides is 1. The highest BCUT2D eigenvalue weighted by Crippen LogP contribution is 2.19. The SMILES string of the molecule is Cc1ccc(S(N)(=O)=O)cc1NC(=O)NC1CCOC1. The molecule has 2 amide bonds. The summed E-state index contributed by atoms with van der Waals surface area (Å²) in [5, 5.41) is 10.4. The van der Waals surface area contributed by atoms with Crippen molar-refractivity contribution in [1.29, 1.82) is 0 Å². The lowest BCUT2D eigenvalue weighted by atomic mass is 10.2. The van der Waals surface area contributed by atoms with Crippen LogP contribution in [0.15, 0.2) is 23.1 Å². The zero-order chi connectivity index (χ0) is 14.8. The molecule has 1 aromatic carbocycles. The van der Waals surface area contributed by atoms with Gasteiger partial charge in [-0.2, -0.15) is 0 Å². The van der Waals surface area contributed by atoms with Crippen LogP contribution in [-0.4, -0.2) is 33.7 Å². The number of sulfonamides is 1. The molecule has 1 aliphatic heterocycles. The molecular weight excluding hydrogens is 282 g/mol. The van der Waals surface area contributed by atoms with Crippen molar-refractivity contribution in [3.05, 3.63) is 23.8 Å². The lowest BCUT2D eigenvalue weighted by Gasteiger charge is -2.14. The monoisotopic (exact) mass is 299 g/mol. The third kappa shape index (κ3) is 3.69. The average Bonchev–Trinajstić information content (AvgIpc) is 2.83. The molecule has 1 aliphatic rings. The van der Waals surface area contributed by atoms with Crippen molar-refractivity contribution in [3.63, 3.8) is 0 Å². The van der Waals surface area contributed by atoms with Gasteiger partial charge in [0.05, 0.1) is 17.5 Å². The van der Waals surface area contributed by atoms with Crippen molar-refractivity contribution in [1.82, 2.24) is 5.32 Å². The van der Waals surface area contributed by atoms with E-state index in [4.69, 9.17) is 9.88 Å². The molecule has 110 valence electrons. The van der Waals surface area contributed by atoms with Crippen LogP contribution in [0.2, 0.25) is 0 Å². The van der Waals surface area contributed by atoms with E-state index in [-0.39, 0.29) is 10.9 Å². The fourth-order valence-corrected chi connectivity index (χ4v) is 2.44. The minimum Gasteiger partial charge on any atom is -0.379 e. The smallest absolute Gasteiger partial charge is 0.319 e. The Morgan fingerprint density at radius 3 is 2.80 bits per heavy atom. The molecule has 8 heteroatoms. The number of carbonyl (C=O) groups is 1. The van der Waals surface area contributed by atoms with Crippen LogP contribution in [0.25, 0.3) is 0 Å². The number of rotatable bonds is 3. The van der Waals surface area contributed by atoms with Crippen LogP contribution < -0.4 is 15.8 Å². The van der Waals surface area contributed by atoms with Crippen LogP contribution in [0.1, 0.15) is 12.0 Å². The Bertz CT molecular complexity index is 609. The minimum absolute atomic E-state index is 0.0169. The van der Waals surface area contributed by atoms with Gasteiger partial charge in [-0.3, -0.25) is 0 Å². The van der Waals surface area contributed by atoms with Crippen molar-refractivity contribution < 1.29 is 17.9 Å². The molecule has 0 aromatic heterocycles. The van der Waals surface area contributed by atoms with Crippen molar-refractivity contribution in [2.45, 2.75) is 24.3 Å². The molecule has 20 heavy (non-hydrogen) atoms. The van der Waals surface area contributed by atoms with E-state index in [9.17, 15) is 13.2 Å². The quantitative estimate of drug-likeness (QED) is 0.757. The number of hydrogen-bond donors (Lipinski definition) is 3. The van der Waals surface area contributed by atoms with E-state index in [0.29, 0.717) is 18.9 Å². The van der Waals surface area contributed by atoms with Gasteiger partial charge >= 0.3 is 6.03 Å². The fraction of sp³-hybridized carbons (Fsp3) is 0.417. The number of aryl methyl sites for hydroxylation is 1. The number of ether oxygens (including phenoxy) is 1. The first kappa shape index (κ1) is 14.8. The Kier molecular flexibility index (Phi) is 4.26. The number of nitrogens with one attached hydrogen (secondary N) is 2. The lowest BCUT2D eigenvalue weighted by molar-refractivity contribution is 0.189. The highest BCUT2D eigenvalue weighted by Gasteiger charge is 2.18. The van der Waals surface area contributed by atoms with Gasteiger partial charge in [-0.05, 0) is 31.0 Å². The average molecular weight is 299 g/mol. The Morgan fingerprint density at radius 2 is 2.20 bits per heavy atom. The number of urea groups is 1. The van der Waals surface area contributed by atoms with Gasteiger partial charge in [-0.15, -0.1) is 0 Å². The van der Waals surface area contributed by atoms with Crippen LogP contribution in [-0.2, 0) is 14.8 Å². The first-order chi connectivity index (χ1) is 9.36. The summed E-state index contributed by atoms with van der Waals surface area (Å²) in [6.07, 6.45) is 0.767. The summed E-state index contributed by atoms with van der Waals surface area (Å²) in [4.78, 5) is 11.8. The molecule has 0 aliphatic carbocycles.